The lowest BCUT2D eigenvalue weighted by Gasteiger charge is -2.08. The summed E-state index contributed by atoms with van der Waals surface area (Å²) in [4.78, 5) is 10.5. The van der Waals surface area contributed by atoms with E-state index < -0.39 is 5.91 Å². The van der Waals surface area contributed by atoms with Crippen LogP contribution in [-0.4, -0.2) is 13.0 Å². The molecule has 0 aromatic heterocycles. The van der Waals surface area contributed by atoms with E-state index >= 15 is 0 Å². The second-order valence-electron chi connectivity index (χ2n) is 2.82. The van der Waals surface area contributed by atoms with Crippen molar-refractivity contribution in [3.8, 4) is 0 Å². The molecule has 0 fully saturated rings. The molecule has 4 nitrogen and oxygen atoms in total. The maximum Gasteiger partial charge on any atom is 0.242 e. The van der Waals surface area contributed by atoms with E-state index in [4.69, 9.17) is 5.73 Å². The second kappa shape index (κ2) is 5.41. The van der Waals surface area contributed by atoms with Gasteiger partial charge in [0.25, 0.3) is 0 Å². The minimum absolute atomic E-state index is 0.481. The lowest BCUT2D eigenvalue weighted by atomic mass is 10.2. The summed E-state index contributed by atoms with van der Waals surface area (Å²) in [7, 11) is 1.82. The summed E-state index contributed by atoms with van der Waals surface area (Å²) >= 11 is 3.37. The first-order chi connectivity index (χ1) is 7.13. The van der Waals surface area contributed by atoms with E-state index in [1.807, 2.05) is 25.2 Å². The summed E-state index contributed by atoms with van der Waals surface area (Å²) in [6.07, 6.45) is 2.77. The number of nitrogens with two attached hydrogens (primary N) is 1. The number of hydrogen-bond acceptors (Lipinski definition) is 3. The third-order valence-corrected chi connectivity index (χ3v) is 2.23. The molecular formula is C10H12BrN3O. The lowest BCUT2D eigenvalue weighted by Crippen LogP contribution is -2.06. The van der Waals surface area contributed by atoms with Crippen molar-refractivity contribution < 1.29 is 4.79 Å². The van der Waals surface area contributed by atoms with Crippen LogP contribution in [0.3, 0.4) is 0 Å². The Morgan fingerprint density at radius 1 is 1.47 bits per heavy atom. The number of rotatable bonds is 4. The van der Waals surface area contributed by atoms with E-state index in [0.717, 1.165) is 15.8 Å². The van der Waals surface area contributed by atoms with Gasteiger partial charge in [0.2, 0.25) is 5.91 Å². The highest BCUT2D eigenvalue weighted by Gasteiger charge is 1.98. The molecule has 80 valence electrons. The van der Waals surface area contributed by atoms with Gasteiger partial charge in [0.05, 0.1) is 11.4 Å². The van der Waals surface area contributed by atoms with Crippen LogP contribution in [0.2, 0.25) is 0 Å². The molecule has 0 atom stereocenters. The van der Waals surface area contributed by atoms with Crippen LogP contribution in [0.25, 0.3) is 0 Å². The van der Waals surface area contributed by atoms with E-state index in [0.29, 0.717) is 0 Å². The molecule has 0 aliphatic heterocycles. The van der Waals surface area contributed by atoms with Crippen LogP contribution in [0, 0.1) is 0 Å². The van der Waals surface area contributed by atoms with Crippen molar-refractivity contribution in [2.45, 2.75) is 0 Å². The number of carbonyl (C=O) groups excluding carboxylic acids is 1. The zero-order valence-corrected chi connectivity index (χ0v) is 9.84. The molecule has 0 bridgehead atoms. The first-order valence-corrected chi connectivity index (χ1v) is 5.12. The maximum atomic E-state index is 10.5. The molecule has 15 heavy (non-hydrogen) atoms. The van der Waals surface area contributed by atoms with Crippen LogP contribution in [0.15, 0.2) is 34.9 Å². The number of hydrogen-bond donors (Lipinski definition) is 3. The molecule has 0 spiro atoms. The molecular weight excluding hydrogens is 258 g/mol. The lowest BCUT2D eigenvalue weighted by molar-refractivity contribution is -0.113. The van der Waals surface area contributed by atoms with Gasteiger partial charge in [0.1, 0.15) is 0 Å². The van der Waals surface area contributed by atoms with E-state index in [1.54, 1.807) is 0 Å². The minimum Gasteiger partial charge on any atom is -0.386 e. The summed E-state index contributed by atoms with van der Waals surface area (Å²) in [5.41, 5.74) is 6.76. The predicted molar refractivity (Wildman–Crippen MR) is 65.6 cm³/mol. The predicted octanol–water partition coefficient (Wildman–Crippen LogP) is 1.90. The van der Waals surface area contributed by atoms with Crippen LogP contribution < -0.4 is 16.4 Å². The summed E-state index contributed by atoms with van der Waals surface area (Å²) in [5.74, 6) is -0.481. The number of amides is 1. The maximum absolute atomic E-state index is 10.5. The Labute approximate surface area is 96.7 Å². The standard InChI is InChI=1S/C10H12BrN3O/c1-13-9-6-7(11)2-3-8(9)14-5-4-10(12)15/h2-6,13-14H,1H3,(H2,12,15)/b5-4-. The van der Waals surface area contributed by atoms with Crippen LogP contribution in [0.4, 0.5) is 11.4 Å². The summed E-state index contributed by atoms with van der Waals surface area (Å²) in [6.45, 7) is 0. The van der Waals surface area contributed by atoms with Crippen LogP contribution >= 0.6 is 15.9 Å². The summed E-state index contributed by atoms with van der Waals surface area (Å²) in [5, 5.41) is 5.99. The Kier molecular flexibility index (Phi) is 4.17. The van der Waals surface area contributed by atoms with Gasteiger partial charge in [-0.05, 0) is 18.2 Å². The van der Waals surface area contributed by atoms with Gasteiger partial charge in [0, 0.05) is 23.8 Å². The van der Waals surface area contributed by atoms with Crippen molar-refractivity contribution >= 4 is 33.2 Å². The van der Waals surface area contributed by atoms with Crippen molar-refractivity contribution in [1.82, 2.24) is 0 Å². The van der Waals surface area contributed by atoms with E-state index in [9.17, 15) is 4.79 Å². The van der Waals surface area contributed by atoms with E-state index in [-0.39, 0.29) is 0 Å². The van der Waals surface area contributed by atoms with Gasteiger partial charge in [-0.15, -0.1) is 0 Å². The number of nitrogens with one attached hydrogen (secondary N) is 2. The highest BCUT2D eigenvalue weighted by atomic mass is 79.9. The molecule has 0 saturated heterocycles. The fraction of sp³-hybridized carbons (Fsp3) is 0.100. The molecule has 1 aromatic carbocycles. The highest BCUT2D eigenvalue weighted by molar-refractivity contribution is 9.10. The van der Waals surface area contributed by atoms with Crippen LogP contribution in [0.5, 0.6) is 0 Å². The monoisotopic (exact) mass is 269 g/mol. The smallest absolute Gasteiger partial charge is 0.242 e. The Morgan fingerprint density at radius 3 is 2.80 bits per heavy atom. The molecule has 0 aliphatic rings. The van der Waals surface area contributed by atoms with Gasteiger partial charge in [0.15, 0.2) is 0 Å². The van der Waals surface area contributed by atoms with Gasteiger partial charge in [-0.1, -0.05) is 15.9 Å². The summed E-state index contributed by atoms with van der Waals surface area (Å²) in [6, 6.07) is 5.73. The Bertz CT molecular complexity index is 390. The first kappa shape index (κ1) is 11.6. The average Bonchev–Trinajstić information content (AvgIpc) is 2.19. The average molecular weight is 270 g/mol. The fourth-order valence-corrected chi connectivity index (χ4v) is 1.42. The summed E-state index contributed by atoms with van der Waals surface area (Å²) < 4.78 is 0.983. The van der Waals surface area contributed by atoms with Gasteiger partial charge >= 0.3 is 0 Å². The molecule has 1 aromatic rings. The molecule has 5 heteroatoms. The number of anilines is 2. The molecule has 4 N–H and O–H groups in total. The van der Waals surface area contributed by atoms with Gasteiger partial charge in [-0.2, -0.15) is 0 Å². The quantitative estimate of drug-likeness (QED) is 0.732. The number of primary amides is 1. The van der Waals surface area contributed by atoms with Crippen molar-refractivity contribution in [2.24, 2.45) is 5.73 Å². The van der Waals surface area contributed by atoms with Crippen molar-refractivity contribution in [3.63, 3.8) is 0 Å². The van der Waals surface area contributed by atoms with Crippen LogP contribution in [-0.2, 0) is 4.79 Å². The first-order valence-electron chi connectivity index (χ1n) is 4.33. The van der Waals surface area contributed by atoms with Gasteiger partial charge < -0.3 is 16.4 Å². The molecule has 0 saturated carbocycles. The Morgan fingerprint density at radius 2 is 2.20 bits per heavy atom. The largest absolute Gasteiger partial charge is 0.386 e. The molecule has 0 heterocycles. The van der Waals surface area contributed by atoms with Crippen molar-refractivity contribution in [2.75, 3.05) is 17.7 Å². The minimum atomic E-state index is -0.481. The molecule has 1 amide bonds. The van der Waals surface area contributed by atoms with Crippen molar-refractivity contribution in [3.05, 3.63) is 34.9 Å². The number of carbonyl (C=O) groups is 1. The number of benzene rings is 1. The van der Waals surface area contributed by atoms with E-state index in [2.05, 4.69) is 26.6 Å². The molecule has 0 aliphatic carbocycles. The topological polar surface area (TPSA) is 67.2 Å². The highest BCUT2D eigenvalue weighted by Crippen LogP contribution is 2.25. The molecule has 0 unspecified atom stereocenters. The molecule has 1 rings (SSSR count). The third-order valence-electron chi connectivity index (χ3n) is 1.74. The number of halogens is 1. The van der Waals surface area contributed by atoms with Crippen molar-refractivity contribution in [1.29, 1.82) is 0 Å². The normalized spacial score (nSPS) is 10.3. The molecule has 0 radical (unpaired) electrons. The van der Waals surface area contributed by atoms with Gasteiger partial charge in [-0.25, -0.2) is 0 Å². The Balaban J connectivity index is 2.80. The zero-order chi connectivity index (χ0) is 11.3. The van der Waals surface area contributed by atoms with Crippen LogP contribution in [0.1, 0.15) is 0 Å². The fourth-order valence-electron chi connectivity index (χ4n) is 1.06. The van der Waals surface area contributed by atoms with Gasteiger partial charge in [-0.3, -0.25) is 4.79 Å². The second-order valence-corrected chi connectivity index (χ2v) is 3.74. The SMILES string of the molecule is CNc1cc(Br)ccc1N/C=C\C(N)=O. The third kappa shape index (κ3) is 3.63. The Hall–Kier alpha value is -1.49. The zero-order valence-electron chi connectivity index (χ0n) is 8.25. The van der Waals surface area contributed by atoms with E-state index in [1.165, 1.54) is 12.3 Å².